The number of amides is 1. The van der Waals surface area contributed by atoms with E-state index in [9.17, 15) is 9.18 Å². The lowest BCUT2D eigenvalue weighted by Gasteiger charge is -2.36. The van der Waals surface area contributed by atoms with E-state index in [2.05, 4.69) is 16.0 Å². The first-order valence-electron chi connectivity index (χ1n) is 10.1. The van der Waals surface area contributed by atoms with Crippen molar-refractivity contribution in [2.75, 3.05) is 49.1 Å². The number of carbonyl (C=O) groups is 1. The van der Waals surface area contributed by atoms with E-state index in [0.717, 1.165) is 43.9 Å². The number of carbonyl (C=O) groups excluding carboxylic acids is 1. The van der Waals surface area contributed by atoms with E-state index in [1.807, 2.05) is 28.0 Å². The lowest BCUT2D eigenvalue weighted by Crippen LogP contribution is -2.51. The average Bonchev–Trinajstić information content (AvgIpc) is 2.77. The van der Waals surface area contributed by atoms with E-state index in [1.165, 1.54) is 17.7 Å². The number of aliphatic imine (C=N–C) groups is 1. The third-order valence-corrected chi connectivity index (χ3v) is 5.58. The molecule has 4 rings (SSSR count). The number of anilines is 2. The van der Waals surface area contributed by atoms with Gasteiger partial charge in [0, 0.05) is 44.1 Å². The first kappa shape index (κ1) is 22.3. The minimum atomic E-state index is -0.232. The zero-order valence-corrected chi connectivity index (χ0v) is 19.2. The number of nitrogens with zero attached hydrogens (tertiary/aromatic N) is 4. The Kier molecular flexibility index (Phi) is 7.52. The number of hydrogen-bond acceptors (Lipinski definition) is 3. The van der Waals surface area contributed by atoms with Gasteiger partial charge in [-0.15, -0.1) is 24.0 Å². The van der Waals surface area contributed by atoms with Crippen LogP contribution in [0.3, 0.4) is 0 Å². The standard InChI is InChI=1S/C22H26FN5O.HI/c23-18-7-9-19(10-8-18)26-12-14-27(15-13-26)22(24)25-16-21(29)28-11-3-5-17-4-1-2-6-20(17)28;/h1-2,4,6-10H,3,5,11-16H2,(H2,24,25);1H. The van der Waals surface area contributed by atoms with Crippen molar-refractivity contribution < 1.29 is 9.18 Å². The van der Waals surface area contributed by atoms with Gasteiger partial charge in [-0.3, -0.25) is 4.79 Å². The highest BCUT2D eigenvalue weighted by Gasteiger charge is 2.23. The number of hydrogen-bond donors (Lipinski definition) is 1. The Morgan fingerprint density at radius 2 is 1.70 bits per heavy atom. The Morgan fingerprint density at radius 1 is 1.00 bits per heavy atom. The predicted molar refractivity (Wildman–Crippen MR) is 129 cm³/mol. The highest BCUT2D eigenvalue weighted by atomic mass is 127. The SMILES string of the molecule is I.NC(=NCC(=O)N1CCCc2ccccc21)N1CCN(c2ccc(F)cc2)CC1. The summed E-state index contributed by atoms with van der Waals surface area (Å²) in [7, 11) is 0. The van der Waals surface area contributed by atoms with Gasteiger partial charge in [0.15, 0.2) is 5.96 Å². The zero-order valence-electron chi connectivity index (χ0n) is 16.8. The molecule has 2 aromatic rings. The molecule has 2 aliphatic rings. The number of aryl methyl sites for hydroxylation is 1. The number of nitrogens with two attached hydrogens (primary N) is 1. The molecule has 0 saturated carbocycles. The van der Waals surface area contributed by atoms with Gasteiger partial charge in [0.05, 0.1) is 0 Å². The van der Waals surface area contributed by atoms with Gasteiger partial charge < -0.3 is 20.4 Å². The van der Waals surface area contributed by atoms with E-state index in [-0.39, 0.29) is 42.2 Å². The third kappa shape index (κ3) is 5.03. The fourth-order valence-electron chi connectivity index (χ4n) is 3.97. The minimum Gasteiger partial charge on any atom is -0.370 e. The second kappa shape index (κ2) is 10.1. The van der Waals surface area contributed by atoms with Crippen molar-refractivity contribution in [1.29, 1.82) is 0 Å². The maximum absolute atomic E-state index is 13.1. The van der Waals surface area contributed by atoms with Crippen LogP contribution >= 0.6 is 24.0 Å². The maximum atomic E-state index is 13.1. The van der Waals surface area contributed by atoms with E-state index in [1.54, 1.807) is 12.1 Å². The third-order valence-electron chi connectivity index (χ3n) is 5.58. The minimum absolute atomic E-state index is 0. The number of fused-ring (bicyclic) bond motifs is 1. The Labute approximate surface area is 193 Å². The molecule has 2 aromatic carbocycles. The summed E-state index contributed by atoms with van der Waals surface area (Å²) in [5.41, 5.74) is 9.36. The zero-order chi connectivity index (χ0) is 20.2. The molecule has 2 aliphatic heterocycles. The molecule has 2 heterocycles. The second-order valence-electron chi connectivity index (χ2n) is 7.40. The maximum Gasteiger partial charge on any atom is 0.248 e. The van der Waals surface area contributed by atoms with Crippen molar-refractivity contribution in [2.24, 2.45) is 10.7 Å². The molecule has 30 heavy (non-hydrogen) atoms. The molecular weight excluding hydrogens is 496 g/mol. The molecule has 1 saturated heterocycles. The lowest BCUT2D eigenvalue weighted by molar-refractivity contribution is -0.117. The van der Waals surface area contributed by atoms with Crippen LogP contribution in [0.2, 0.25) is 0 Å². The lowest BCUT2D eigenvalue weighted by atomic mass is 10.0. The van der Waals surface area contributed by atoms with Crippen LogP contribution in [0.25, 0.3) is 0 Å². The Hall–Kier alpha value is -2.36. The Balaban J connectivity index is 0.00000256. The summed E-state index contributed by atoms with van der Waals surface area (Å²) in [5, 5.41) is 0. The molecule has 0 atom stereocenters. The summed E-state index contributed by atoms with van der Waals surface area (Å²) in [6.07, 6.45) is 1.97. The van der Waals surface area contributed by atoms with Crippen molar-refractivity contribution in [3.8, 4) is 0 Å². The number of rotatable bonds is 3. The summed E-state index contributed by atoms with van der Waals surface area (Å²) in [6, 6.07) is 14.6. The number of benzene rings is 2. The van der Waals surface area contributed by atoms with Crippen LogP contribution in [0.1, 0.15) is 12.0 Å². The quantitative estimate of drug-likeness (QED) is 0.382. The van der Waals surface area contributed by atoms with Crippen LogP contribution in [-0.4, -0.2) is 56.0 Å². The van der Waals surface area contributed by atoms with E-state index < -0.39 is 0 Å². The van der Waals surface area contributed by atoms with Crippen molar-refractivity contribution >= 4 is 47.2 Å². The molecule has 0 aliphatic carbocycles. The topological polar surface area (TPSA) is 65.2 Å². The Bertz CT molecular complexity index is 897. The molecule has 1 fully saturated rings. The average molecular weight is 523 g/mol. The molecule has 0 aromatic heterocycles. The van der Waals surface area contributed by atoms with Gasteiger partial charge >= 0.3 is 0 Å². The summed E-state index contributed by atoms with van der Waals surface area (Å²) < 4.78 is 13.1. The first-order valence-corrected chi connectivity index (χ1v) is 10.1. The summed E-state index contributed by atoms with van der Waals surface area (Å²) in [5.74, 6) is 0.150. The van der Waals surface area contributed by atoms with E-state index in [4.69, 9.17) is 5.73 Å². The van der Waals surface area contributed by atoms with Gasteiger partial charge in [-0.25, -0.2) is 9.38 Å². The van der Waals surface area contributed by atoms with Crippen LogP contribution in [0.4, 0.5) is 15.8 Å². The van der Waals surface area contributed by atoms with E-state index >= 15 is 0 Å². The van der Waals surface area contributed by atoms with Crippen LogP contribution in [0, 0.1) is 5.82 Å². The van der Waals surface area contributed by atoms with Gasteiger partial charge in [0.1, 0.15) is 12.4 Å². The van der Waals surface area contributed by atoms with Crippen LogP contribution in [-0.2, 0) is 11.2 Å². The molecule has 0 radical (unpaired) electrons. The highest BCUT2D eigenvalue weighted by molar-refractivity contribution is 14.0. The molecule has 0 bridgehead atoms. The molecule has 8 heteroatoms. The molecule has 0 spiro atoms. The highest BCUT2D eigenvalue weighted by Crippen LogP contribution is 2.26. The smallest absolute Gasteiger partial charge is 0.248 e. The van der Waals surface area contributed by atoms with Crippen molar-refractivity contribution in [2.45, 2.75) is 12.8 Å². The summed E-state index contributed by atoms with van der Waals surface area (Å²) in [4.78, 5) is 23.1. The predicted octanol–water partition coefficient (Wildman–Crippen LogP) is 2.86. The Morgan fingerprint density at radius 3 is 2.43 bits per heavy atom. The van der Waals surface area contributed by atoms with Gasteiger partial charge in [0.2, 0.25) is 5.91 Å². The normalized spacial score (nSPS) is 16.7. The van der Waals surface area contributed by atoms with Crippen molar-refractivity contribution in [3.05, 3.63) is 59.9 Å². The van der Waals surface area contributed by atoms with Gasteiger partial charge in [-0.05, 0) is 48.7 Å². The van der Waals surface area contributed by atoms with Gasteiger partial charge in [0.25, 0.3) is 0 Å². The largest absolute Gasteiger partial charge is 0.370 e. The van der Waals surface area contributed by atoms with Gasteiger partial charge in [-0.1, -0.05) is 18.2 Å². The van der Waals surface area contributed by atoms with Crippen LogP contribution < -0.4 is 15.5 Å². The molecular formula is C22H27FIN5O. The molecule has 0 unspecified atom stereocenters. The van der Waals surface area contributed by atoms with Crippen LogP contribution in [0.5, 0.6) is 0 Å². The monoisotopic (exact) mass is 523 g/mol. The van der Waals surface area contributed by atoms with Crippen molar-refractivity contribution in [1.82, 2.24) is 4.90 Å². The number of piperazine rings is 1. The number of para-hydroxylation sites is 1. The van der Waals surface area contributed by atoms with Gasteiger partial charge in [-0.2, -0.15) is 0 Å². The van der Waals surface area contributed by atoms with Crippen molar-refractivity contribution in [3.63, 3.8) is 0 Å². The molecule has 160 valence electrons. The number of halogens is 2. The molecule has 6 nitrogen and oxygen atoms in total. The number of guanidine groups is 1. The van der Waals surface area contributed by atoms with Crippen LogP contribution in [0.15, 0.2) is 53.5 Å². The fraction of sp³-hybridized carbons (Fsp3) is 0.364. The first-order chi connectivity index (χ1) is 14.1. The summed E-state index contributed by atoms with van der Waals surface area (Å²) in [6.45, 7) is 3.76. The fourth-order valence-corrected chi connectivity index (χ4v) is 3.97. The molecule has 2 N–H and O–H groups in total. The molecule has 1 amide bonds. The summed E-state index contributed by atoms with van der Waals surface area (Å²) >= 11 is 0. The van der Waals surface area contributed by atoms with E-state index in [0.29, 0.717) is 19.0 Å². The second-order valence-corrected chi connectivity index (χ2v) is 7.40.